The standard InChI is InChI=1S/C23H21BrFN5O/c1-29-18-8-5-4-7-15(18)20(24)21(29)23(31)26-17-13-14(10-11-16(17)25)22-28-27-19-9-3-2-6-12-30(19)22/h4-5,7-8,10-11,13H,2-3,6,9,12H2,1H3,(H,26,31). The van der Waals surface area contributed by atoms with Crippen molar-refractivity contribution in [1.29, 1.82) is 0 Å². The summed E-state index contributed by atoms with van der Waals surface area (Å²) in [4.78, 5) is 13.1. The van der Waals surface area contributed by atoms with Gasteiger partial charge in [0.15, 0.2) is 5.82 Å². The highest BCUT2D eigenvalue weighted by Gasteiger charge is 2.22. The fourth-order valence-electron chi connectivity index (χ4n) is 4.24. The number of carbonyl (C=O) groups is 1. The summed E-state index contributed by atoms with van der Waals surface area (Å²) in [5.41, 5.74) is 2.20. The quantitative estimate of drug-likeness (QED) is 0.430. The first-order valence-corrected chi connectivity index (χ1v) is 11.1. The fraction of sp³-hybridized carbons (Fsp3) is 0.261. The summed E-state index contributed by atoms with van der Waals surface area (Å²) in [5, 5.41) is 12.3. The van der Waals surface area contributed by atoms with E-state index in [0.29, 0.717) is 16.0 Å². The van der Waals surface area contributed by atoms with Gasteiger partial charge in [0.05, 0.1) is 10.2 Å². The van der Waals surface area contributed by atoms with Crippen LogP contribution in [0.3, 0.4) is 0 Å². The lowest BCUT2D eigenvalue weighted by molar-refractivity contribution is 0.101. The van der Waals surface area contributed by atoms with Crippen LogP contribution in [-0.2, 0) is 20.0 Å². The predicted octanol–water partition coefficient (Wildman–Crippen LogP) is 5.32. The first kappa shape index (κ1) is 19.9. The van der Waals surface area contributed by atoms with Crippen LogP contribution in [0.5, 0.6) is 0 Å². The van der Waals surface area contributed by atoms with E-state index in [9.17, 15) is 9.18 Å². The average molecular weight is 482 g/mol. The number of aryl methyl sites for hydroxylation is 2. The van der Waals surface area contributed by atoms with Gasteiger partial charge in [-0.3, -0.25) is 4.79 Å². The van der Waals surface area contributed by atoms with E-state index in [1.54, 1.807) is 16.7 Å². The number of hydrogen-bond donors (Lipinski definition) is 1. The van der Waals surface area contributed by atoms with Crippen LogP contribution in [0.15, 0.2) is 46.9 Å². The van der Waals surface area contributed by atoms with Gasteiger partial charge in [-0.1, -0.05) is 24.6 Å². The van der Waals surface area contributed by atoms with Crippen molar-refractivity contribution in [3.63, 3.8) is 0 Å². The Balaban J connectivity index is 1.50. The summed E-state index contributed by atoms with van der Waals surface area (Å²) in [6.45, 7) is 0.847. The molecule has 0 aliphatic carbocycles. The molecule has 3 heterocycles. The van der Waals surface area contributed by atoms with Gasteiger partial charge in [-0.15, -0.1) is 10.2 Å². The van der Waals surface area contributed by atoms with E-state index in [-0.39, 0.29) is 11.6 Å². The molecule has 2 aromatic carbocycles. The minimum absolute atomic E-state index is 0.116. The molecular weight excluding hydrogens is 461 g/mol. The smallest absolute Gasteiger partial charge is 0.273 e. The zero-order chi connectivity index (χ0) is 21.5. The molecular formula is C23H21BrFN5O. The summed E-state index contributed by atoms with van der Waals surface area (Å²) in [7, 11) is 1.82. The Hall–Kier alpha value is -3.00. The molecule has 2 aromatic heterocycles. The number of para-hydroxylation sites is 1. The Morgan fingerprint density at radius 3 is 2.81 bits per heavy atom. The number of rotatable bonds is 3. The second kappa shape index (κ2) is 7.92. The van der Waals surface area contributed by atoms with Gasteiger partial charge in [0.2, 0.25) is 0 Å². The van der Waals surface area contributed by atoms with Gasteiger partial charge >= 0.3 is 0 Å². The minimum Gasteiger partial charge on any atom is -0.339 e. The molecule has 0 fully saturated rings. The Morgan fingerprint density at radius 1 is 1.13 bits per heavy atom. The van der Waals surface area contributed by atoms with E-state index in [2.05, 4.69) is 36.0 Å². The lowest BCUT2D eigenvalue weighted by atomic mass is 10.1. The number of halogens is 2. The maximum atomic E-state index is 14.6. The highest BCUT2D eigenvalue weighted by molar-refractivity contribution is 9.10. The summed E-state index contributed by atoms with van der Waals surface area (Å²) in [6.07, 6.45) is 4.22. The fourth-order valence-corrected chi connectivity index (χ4v) is 5.02. The zero-order valence-electron chi connectivity index (χ0n) is 17.0. The van der Waals surface area contributed by atoms with Crippen LogP contribution < -0.4 is 5.32 Å². The first-order valence-electron chi connectivity index (χ1n) is 10.3. The zero-order valence-corrected chi connectivity index (χ0v) is 18.6. The predicted molar refractivity (Wildman–Crippen MR) is 122 cm³/mol. The summed E-state index contributed by atoms with van der Waals surface area (Å²) in [5.74, 6) is 0.782. The maximum Gasteiger partial charge on any atom is 0.273 e. The third-order valence-electron chi connectivity index (χ3n) is 5.84. The van der Waals surface area contributed by atoms with Crippen molar-refractivity contribution < 1.29 is 9.18 Å². The second-order valence-corrected chi connectivity index (χ2v) is 8.58. The van der Waals surface area contributed by atoms with Crippen LogP contribution in [0.4, 0.5) is 10.1 Å². The number of nitrogens with one attached hydrogen (secondary N) is 1. The molecule has 0 saturated carbocycles. The molecule has 1 aliphatic rings. The molecule has 1 amide bonds. The highest BCUT2D eigenvalue weighted by Crippen LogP contribution is 2.32. The number of anilines is 1. The van der Waals surface area contributed by atoms with Crippen molar-refractivity contribution in [2.75, 3.05) is 5.32 Å². The number of carbonyl (C=O) groups excluding carboxylic acids is 1. The van der Waals surface area contributed by atoms with Crippen molar-refractivity contribution >= 4 is 38.4 Å². The molecule has 8 heteroatoms. The maximum absolute atomic E-state index is 14.6. The number of amides is 1. The van der Waals surface area contributed by atoms with Gasteiger partial charge in [0.1, 0.15) is 17.3 Å². The van der Waals surface area contributed by atoms with Crippen molar-refractivity contribution in [3.05, 3.63) is 64.3 Å². The molecule has 6 nitrogen and oxygen atoms in total. The number of benzene rings is 2. The lowest BCUT2D eigenvalue weighted by Gasteiger charge is -2.11. The normalized spacial score (nSPS) is 13.8. The molecule has 5 rings (SSSR count). The number of aromatic nitrogens is 4. The Morgan fingerprint density at radius 2 is 1.97 bits per heavy atom. The molecule has 0 radical (unpaired) electrons. The molecule has 31 heavy (non-hydrogen) atoms. The average Bonchev–Trinajstić information content (AvgIpc) is 3.18. The Kier molecular flexibility index (Phi) is 5.09. The lowest BCUT2D eigenvalue weighted by Crippen LogP contribution is -2.17. The minimum atomic E-state index is -0.498. The number of hydrogen-bond acceptors (Lipinski definition) is 3. The Bertz CT molecular complexity index is 1270. The van der Waals surface area contributed by atoms with Gasteiger partial charge < -0.3 is 14.5 Å². The van der Waals surface area contributed by atoms with Gasteiger partial charge in [-0.05, 0) is 53.0 Å². The third-order valence-corrected chi connectivity index (χ3v) is 6.65. The van der Waals surface area contributed by atoms with E-state index < -0.39 is 5.82 Å². The van der Waals surface area contributed by atoms with E-state index in [1.165, 1.54) is 6.07 Å². The van der Waals surface area contributed by atoms with Gasteiger partial charge in [-0.25, -0.2) is 4.39 Å². The molecule has 0 saturated heterocycles. The molecule has 0 spiro atoms. The summed E-state index contributed by atoms with van der Waals surface area (Å²) in [6, 6.07) is 12.4. The Labute approximate surface area is 187 Å². The highest BCUT2D eigenvalue weighted by atomic mass is 79.9. The largest absolute Gasteiger partial charge is 0.339 e. The van der Waals surface area contributed by atoms with Crippen molar-refractivity contribution in [3.8, 4) is 11.4 Å². The van der Waals surface area contributed by atoms with Crippen LogP contribution >= 0.6 is 15.9 Å². The van der Waals surface area contributed by atoms with Crippen LogP contribution in [0.1, 0.15) is 35.6 Å². The van der Waals surface area contributed by atoms with E-state index in [4.69, 9.17) is 0 Å². The van der Waals surface area contributed by atoms with Crippen LogP contribution in [-0.4, -0.2) is 25.2 Å². The number of nitrogens with zero attached hydrogens (tertiary/aromatic N) is 4. The molecule has 4 aromatic rings. The first-order chi connectivity index (χ1) is 15.0. The summed E-state index contributed by atoms with van der Waals surface area (Å²) < 4.78 is 19.2. The molecule has 1 aliphatic heterocycles. The van der Waals surface area contributed by atoms with Crippen molar-refractivity contribution in [2.24, 2.45) is 7.05 Å². The van der Waals surface area contributed by atoms with Crippen molar-refractivity contribution in [2.45, 2.75) is 32.2 Å². The van der Waals surface area contributed by atoms with Crippen LogP contribution in [0.25, 0.3) is 22.3 Å². The molecule has 0 unspecified atom stereocenters. The van der Waals surface area contributed by atoms with Gasteiger partial charge in [0.25, 0.3) is 5.91 Å². The van der Waals surface area contributed by atoms with E-state index in [0.717, 1.165) is 54.5 Å². The molecule has 158 valence electrons. The monoisotopic (exact) mass is 481 g/mol. The van der Waals surface area contributed by atoms with Crippen molar-refractivity contribution in [1.82, 2.24) is 19.3 Å². The van der Waals surface area contributed by atoms with E-state index >= 15 is 0 Å². The molecule has 0 bridgehead atoms. The van der Waals surface area contributed by atoms with Gasteiger partial charge in [0, 0.05) is 36.5 Å². The van der Waals surface area contributed by atoms with Gasteiger partial charge in [-0.2, -0.15) is 0 Å². The third kappa shape index (κ3) is 3.44. The second-order valence-electron chi connectivity index (χ2n) is 7.79. The van der Waals surface area contributed by atoms with Crippen LogP contribution in [0, 0.1) is 5.82 Å². The number of fused-ring (bicyclic) bond motifs is 2. The van der Waals surface area contributed by atoms with Crippen LogP contribution in [0.2, 0.25) is 0 Å². The summed E-state index contributed by atoms with van der Waals surface area (Å²) >= 11 is 3.53. The SMILES string of the molecule is Cn1c(C(=O)Nc2cc(-c3nnc4n3CCCCC4)ccc2F)c(Br)c2ccccc21. The molecule has 1 N–H and O–H groups in total. The van der Waals surface area contributed by atoms with E-state index in [1.807, 2.05) is 31.3 Å². The molecule has 0 atom stereocenters. The topological polar surface area (TPSA) is 64.7 Å².